The molecule has 0 aliphatic heterocycles. The Balaban J connectivity index is 2.17. The number of thiophene rings is 1. The average molecular weight is 379 g/mol. The summed E-state index contributed by atoms with van der Waals surface area (Å²) in [6.45, 7) is 0. The molecule has 0 aliphatic rings. The Kier molecular flexibility index (Phi) is 3.28. The van der Waals surface area contributed by atoms with Crippen molar-refractivity contribution in [2.45, 2.75) is 0 Å². The summed E-state index contributed by atoms with van der Waals surface area (Å²) < 4.78 is 2.02. The van der Waals surface area contributed by atoms with Gasteiger partial charge in [0, 0.05) is 19.2 Å². The lowest BCUT2D eigenvalue weighted by Gasteiger charge is -2.04. The topological polar surface area (TPSA) is 44.1 Å². The Morgan fingerprint density at radius 3 is 2.47 bits per heavy atom. The summed E-state index contributed by atoms with van der Waals surface area (Å²) in [5.74, 6) is 0.213. The second-order valence-electron chi connectivity index (χ2n) is 4.13. The Bertz CT molecular complexity index is 779. The zero-order valence-corrected chi connectivity index (χ0v) is 12.8. The summed E-state index contributed by atoms with van der Waals surface area (Å²) in [7, 11) is 0. The fourth-order valence-corrected chi connectivity index (χ4v) is 3.70. The fraction of sp³-hybridized carbons (Fsp3) is 0. The van der Waals surface area contributed by atoms with E-state index in [2.05, 4.69) is 22.6 Å². The molecule has 2 aromatic carbocycles. The molecule has 1 heterocycles. The summed E-state index contributed by atoms with van der Waals surface area (Å²) in [6, 6.07) is 15.4. The van der Waals surface area contributed by atoms with Crippen LogP contribution in [0.1, 0.15) is 10.4 Å². The lowest BCUT2D eigenvalue weighted by Crippen LogP contribution is -2.01. The lowest BCUT2D eigenvalue weighted by atomic mass is 10.1. The standard InChI is InChI=1S/C15H10INOS/c16-11-7-3-1-5-9(11)13(17)15-14(18)10-6-2-4-8-12(10)19-15/h1-8,17-18H. The van der Waals surface area contributed by atoms with E-state index >= 15 is 0 Å². The molecular weight excluding hydrogens is 369 g/mol. The maximum absolute atomic E-state index is 10.3. The largest absolute Gasteiger partial charge is 0.506 e. The SMILES string of the molecule is N=C(c1ccccc1I)c1sc2ccccc2c1O. The smallest absolute Gasteiger partial charge is 0.143 e. The van der Waals surface area contributed by atoms with Crippen molar-refractivity contribution in [3.63, 3.8) is 0 Å². The van der Waals surface area contributed by atoms with E-state index in [1.54, 1.807) is 0 Å². The van der Waals surface area contributed by atoms with Gasteiger partial charge in [0.25, 0.3) is 0 Å². The van der Waals surface area contributed by atoms with Crippen molar-refractivity contribution in [2.24, 2.45) is 0 Å². The van der Waals surface area contributed by atoms with E-state index in [1.807, 2.05) is 48.5 Å². The zero-order chi connectivity index (χ0) is 13.4. The Morgan fingerprint density at radius 1 is 1.05 bits per heavy atom. The number of nitrogens with one attached hydrogen (secondary N) is 1. The highest BCUT2D eigenvalue weighted by atomic mass is 127. The summed E-state index contributed by atoms with van der Waals surface area (Å²) in [5.41, 5.74) is 1.23. The van der Waals surface area contributed by atoms with Gasteiger partial charge in [-0.05, 0) is 40.8 Å². The highest BCUT2D eigenvalue weighted by Crippen LogP contribution is 2.38. The van der Waals surface area contributed by atoms with Crippen molar-refractivity contribution >= 4 is 49.7 Å². The van der Waals surface area contributed by atoms with E-state index in [1.165, 1.54) is 11.3 Å². The Hall–Kier alpha value is -1.40. The van der Waals surface area contributed by atoms with Gasteiger partial charge in [0.2, 0.25) is 0 Å². The number of aromatic hydroxyl groups is 1. The van der Waals surface area contributed by atoms with Gasteiger partial charge in [0.1, 0.15) is 5.75 Å². The van der Waals surface area contributed by atoms with Crippen LogP contribution in [0.4, 0.5) is 0 Å². The van der Waals surface area contributed by atoms with Gasteiger partial charge >= 0.3 is 0 Å². The molecular formula is C15H10INOS. The Labute approximate surface area is 128 Å². The molecule has 4 heteroatoms. The molecule has 94 valence electrons. The number of rotatable bonds is 2. The average Bonchev–Trinajstić information content (AvgIpc) is 2.77. The molecule has 2 nitrogen and oxygen atoms in total. The number of benzene rings is 2. The maximum Gasteiger partial charge on any atom is 0.143 e. The molecule has 19 heavy (non-hydrogen) atoms. The summed E-state index contributed by atoms with van der Waals surface area (Å²) in [5, 5.41) is 19.4. The van der Waals surface area contributed by atoms with Gasteiger partial charge in [0.05, 0.1) is 10.6 Å². The maximum atomic E-state index is 10.3. The van der Waals surface area contributed by atoms with Crippen molar-refractivity contribution < 1.29 is 5.11 Å². The third-order valence-corrected chi connectivity index (χ3v) is 5.06. The number of halogens is 1. The first-order valence-electron chi connectivity index (χ1n) is 5.73. The van der Waals surface area contributed by atoms with E-state index < -0.39 is 0 Å². The van der Waals surface area contributed by atoms with Gasteiger partial charge in [-0.25, -0.2) is 0 Å². The second kappa shape index (κ2) is 4.94. The number of hydrogen-bond acceptors (Lipinski definition) is 3. The second-order valence-corrected chi connectivity index (χ2v) is 6.35. The third-order valence-electron chi connectivity index (χ3n) is 2.94. The Morgan fingerprint density at radius 2 is 1.74 bits per heavy atom. The normalized spacial score (nSPS) is 10.8. The summed E-state index contributed by atoms with van der Waals surface area (Å²) >= 11 is 3.67. The van der Waals surface area contributed by atoms with E-state index in [0.717, 1.165) is 19.2 Å². The zero-order valence-electron chi connectivity index (χ0n) is 9.85. The number of hydrogen-bond donors (Lipinski definition) is 2. The molecule has 0 bridgehead atoms. The van der Waals surface area contributed by atoms with Crippen LogP contribution in [0.3, 0.4) is 0 Å². The monoisotopic (exact) mass is 379 g/mol. The van der Waals surface area contributed by atoms with Crippen LogP contribution >= 0.6 is 33.9 Å². The van der Waals surface area contributed by atoms with Crippen LogP contribution in [-0.4, -0.2) is 10.8 Å². The van der Waals surface area contributed by atoms with Crippen LogP contribution in [0, 0.1) is 8.98 Å². The van der Waals surface area contributed by atoms with Crippen LogP contribution < -0.4 is 0 Å². The van der Waals surface area contributed by atoms with E-state index in [4.69, 9.17) is 5.41 Å². The molecule has 0 unspecified atom stereocenters. The minimum Gasteiger partial charge on any atom is -0.506 e. The molecule has 0 radical (unpaired) electrons. The van der Waals surface area contributed by atoms with Gasteiger partial charge in [-0.2, -0.15) is 0 Å². The van der Waals surface area contributed by atoms with Crippen LogP contribution in [0.15, 0.2) is 48.5 Å². The quantitative estimate of drug-likeness (QED) is 0.495. The van der Waals surface area contributed by atoms with Crippen LogP contribution in [-0.2, 0) is 0 Å². The van der Waals surface area contributed by atoms with Crippen molar-refractivity contribution in [1.29, 1.82) is 5.41 Å². The predicted molar refractivity (Wildman–Crippen MR) is 88.6 cm³/mol. The van der Waals surface area contributed by atoms with Gasteiger partial charge in [-0.15, -0.1) is 11.3 Å². The molecule has 0 amide bonds. The highest BCUT2D eigenvalue weighted by molar-refractivity contribution is 14.1. The van der Waals surface area contributed by atoms with Gasteiger partial charge in [-0.1, -0.05) is 30.3 Å². The molecule has 3 rings (SSSR count). The molecule has 2 N–H and O–H groups in total. The van der Waals surface area contributed by atoms with Crippen molar-refractivity contribution in [2.75, 3.05) is 0 Å². The third kappa shape index (κ3) is 2.15. The molecule has 0 aliphatic carbocycles. The molecule has 0 saturated heterocycles. The van der Waals surface area contributed by atoms with E-state index in [9.17, 15) is 5.11 Å². The van der Waals surface area contributed by atoms with Crippen molar-refractivity contribution in [3.05, 3.63) is 62.5 Å². The molecule has 0 atom stereocenters. The lowest BCUT2D eigenvalue weighted by molar-refractivity contribution is 0.482. The molecule has 3 aromatic rings. The molecule has 1 aromatic heterocycles. The van der Waals surface area contributed by atoms with Crippen molar-refractivity contribution in [1.82, 2.24) is 0 Å². The minimum atomic E-state index is 0.213. The van der Waals surface area contributed by atoms with Gasteiger partial charge in [0.15, 0.2) is 0 Å². The first-order chi connectivity index (χ1) is 9.18. The first kappa shape index (κ1) is 12.6. The van der Waals surface area contributed by atoms with Gasteiger partial charge in [-0.3, -0.25) is 5.41 Å². The van der Waals surface area contributed by atoms with E-state index in [0.29, 0.717) is 10.6 Å². The van der Waals surface area contributed by atoms with E-state index in [-0.39, 0.29) is 5.75 Å². The van der Waals surface area contributed by atoms with Crippen LogP contribution in [0.25, 0.3) is 10.1 Å². The highest BCUT2D eigenvalue weighted by Gasteiger charge is 2.17. The summed E-state index contributed by atoms with van der Waals surface area (Å²) in [6.07, 6.45) is 0. The van der Waals surface area contributed by atoms with Crippen LogP contribution in [0.5, 0.6) is 5.75 Å². The van der Waals surface area contributed by atoms with Crippen molar-refractivity contribution in [3.8, 4) is 5.75 Å². The summed E-state index contributed by atoms with van der Waals surface area (Å²) in [4.78, 5) is 0.630. The number of fused-ring (bicyclic) bond motifs is 1. The fourth-order valence-electron chi connectivity index (χ4n) is 1.99. The first-order valence-corrected chi connectivity index (χ1v) is 7.62. The molecule has 0 saturated carbocycles. The molecule has 0 fully saturated rings. The minimum absolute atomic E-state index is 0.213. The molecule has 0 spiro atoms. The van der Waals surface area contributed by atoms with Crippen LogP contribution in [0.2, 0.25) is 0 Å². The predicted octanol–water partition coefficient (Wildman–Crippen LogP) is 4.63. The van der Waals surface area contributed by atoms with Gasteiger partial charge < -0.3 is 5.11 Å².